The number of anilines is 2. The Labute approximate surface area is 239 Å². The molecule has 0 bridgehead atoms. The van der Waals surface area contributed by atoms with Crippen molar-refractivity contribution in [2.24, 2.45) is 17.3 Å². The molecule has 216 valence electrons. The first-order chi connectivity index (χ1) is 19.2. The summed E-state index contributed by atoms with van der Waals surface area (Å²) in [6.07, 6.45) is 9.27. The lowest BCUT2D eigenvalue weighted by Crippen LogP contribution is -2.45. The van der Waals surface area contributed by atoms with E-state index in [1.807, 2.05) is 12.3 Å². The number of nitriles is 1. The summed E-state index contributed by atoms with van der Waals surface area (Å²) in [4.78, 5) is 14.0. The van der Waals surface area contributed by atoms with Crippen LogP contribution in [0.5, 0.6) is 11.8 Å². The summed E-state index contributed by atoms with van der Waals surface area (Å²) < 4.78 is 17.7. The molecular weight excluding hydrogens is 502 g/mol. The highest BCUT2D eigenvalue weighted by Crippen LogP contribution is 2.51. The highest BCUT2D eigenvalue weighted by atomic mass is 16.5. The van der Waals surface area contributed by atoms with Crippen LogP contribution < -0.4 is 19.3 Å². The van der Waals surface area contributed by atoms with Gasteiger partial charge in [-0.2, -0.15) is 5.26 Å². The molecule has 2 aromatic heterocycles. The second-order valence-corrected chi connectivity index (χ2v) is 12.7. The lowest BCUT2D eigenvalue weighted by atomic mass is 9.77. The van der Waals surface area contributed by atoms with Gasteiger partial charge in [-0.3, -0.25) is 0 Å². The van der Waals surface area contributed by atoms with E-state index in [0.717, 1.165) is 31.7 Å². The predicted octanol–water partition coefficient (Wildman–Crippen LogP) is 5.83. The number of hydrogen-bond acceptors (Lipinski definition) is 8. The summed E-state index contributed by atoms with van der Waals surface area (Å²) in [6, 6.07) is 8.63. The third kappa shape index (κ3) is 5.58. The fraction of sp³-hybridized carbons (Fsp3) is 0.656. The highest BCUT2D eigenvalue weighted by molar-refractivity contribution is 5.57. The molecule has 4 heterocycles. The van der Waals surface area contributed by atoms with Gasteiger partial charge in [0.15, 0.2) is 0 Å². The van der Waals surface area contributed by atoms with Crippen LogP contribution in [0.25, 0.3) is 0 Å². The van der Waals surface area contributed by atoms with Crippen molar-refractivity contribution in [1.29, 1.82) is 5.26 Å². The van der Waals surface area contributed by atoms with Crippen molar-refractivity contribution in [2.75, 3.05) is 43.7 Å². The first kappa shape index (κ1) is 28.5. The number of methoxy groups -OCH3 is 2. The van der Waals surface area contributed by atoms with Crippen LogP contribution >= 0.6 is 0 Å². The minimum atomic E-state index is 0.0979. The van der Waals surface area contributed by atoms with Gasteiger partial charge < -0.3 is 24.0 Å². The number of nitrogens with zero attached hydrogens (tertiary/aromatic N) is 5. The van der Waals surface area contributed by atoms with E-state index in [0.29, 0.717) is 30.0 Å². The Kier molecular flexibility index (Phi) is 8.42. The number of pyridine rings is 2. The maximum Gasteiger partial charge on any atom is 0.215 e. The third-order valence-electron chi connectivity index (χ3n) is 9.79. The lowest BCUT2D eigenvalue weighted by molar-refractivity contribution is 0.0839. The zero-order valence-electron chi connectivity index (χ0n) is 25.0. The topological polar surface area (TPSA) is 83.7 Å². The molecule has 2 saturated heterocycles. The molecule has 3 aliphatic rings. The first-order valence-corrected chi connectivity index (χ1v) is 14.8. The molecule has 40 heavy (non-hydrogen) atoms. The Morgan fingerprint density at radius 3 is 2.48 bits per heavy atom. The molecule has 1 saturated carbocycles. The predicted molar refractivity (Wildman–Crippen MR) is 157 cm³/mol. The van der Waals surface area contributed by atoms with Crippen LogP contribution in [0.15, 0.2) is 30.6 Å². The molecule has 2 aromatic rings. The molecule has 0 spiro atoms. The molecule has 5 rings (SSSR count). The molecule has 0 N–H and O–H groups in total. The molecule has 8 nitrogen and oxygen atoms in total. The number of hydrogen-bond donors (Lipinski definition) is 0. The maximum absolute atomic E-state index is 9.36. The van der Waals surface area contributed by atoms with Crippen molar-refractivity contribution in [2.45, 2.75) is 84.0 Å². The maximum atomic E-state index is 9.36. The van der Waals surface area contributed by atoms with Gasteiger partial charge in [-0.1, -0.05) is 34.1 Å². The fourth-order valence-corrected chi connectivity index (χ4v) is 7.28. The molecule has 2 aliphatic heterocycles. The van der Waals surface area contributed by atoms with Crippen molar-refractivity contribution in [3.8, 4) is 17.8 Å². The Hall–Kier alpha value is -3.05. The molecule has 6 atom stereocenters. The molecule has 0 amide bonds. The van der Waals surface area contributed by atoms with E-state index < -0.39 is 0 Å². The fourth-order valence-electron chi connectivity index (χ4n) is 7.28. The van der Waals surface area contributed by atoms with E-state index in [2.05, 4.69) is 71.9 Å². The van der Waals surface area contributed by atoms with Gasteiger partial charge in [0.1, 0.15) is 6.10 Å². The van der Waals surface area contributed by atoms with Gasteiger partial charge in [0, 0.05) is 75.1 Å². The van der Waals surface area contributed by atoms with E-state index in [9.17, 15) is 5.26 Å². The minimum absolute atomic E-state index is 0.0979. The third-order valence-corrected chi connectivity index (χ3v) is 9.79. The van der Waals surface area contributed by atoms with Crippen molar-refractivity contribution in [1.82, 2.24) is 9.97 Å². The summed E-state index contributed by atoms with van der Waals surface area (Å²) in [6.45, 7) is 11.8. The van der Waals surface area contributed by atoms with Gasteiger partial charge in [-0.05, 0) is 35.8 Å². The SMILES string of the molecule is COc1cc(N2CC[C@@H](Oc3ccc(N4C[C@H](OC)[C@@H](C)[C@@H]4CC#N)cn3)[C@H](C)C2)c(C2CCCC2(C)C)cn1. The Balaban J connectivity index is 1.26. The normalized spacial score (nSPS) is 29.8. The average molecular weight is 548 g/mol. The van der Waals surface area contributed by atoms with Gasteiger partial charge in [-0.25, -0.2) is 9.97 Å². The molecule has 0 aromatic carbocycles. The summed E-state index contributed by atoms with van der Waals surface area (Å²) in [5.41, 5.74) is 3.91. The summed E-state index contributed by atoms with van der Waals surface area (Å²) in [5, 5.41) is 9.36. The number of aromatic nitrogens is 2. The monoisotopic (exact) mass is 547 g/mol. The molecular formula is C32H45N5O3. The van der Waals surface area contributed by atoms with Gasteiger partial charge >= 0.3 is 0 Å². The van der Waals surface area contributed by atoms with Crippen LogP contribution in [0, 0.1) is 28.6 Å². The molecule has 1 unspecified atom stereocenters. The molecule has 3 fully saturated rings. The van der Waals surface area contributed by atoms with E-state index >= 15 is 0 Å². The Morgan fingerprint density at radius 2 is 1.85 bits per heavy atom. The van der Waals surface area contributed by atoms with Crippen LogP contribution in [-0.4, -0.2) is 62.1 Å². The van der Waals surface area contributed by atoms with E-state index in [1.54, 1.807) is 14.2 Å². The zero-order valence-corrected chi connectivity index (χ0v) is 25.0. The second kappa shape index (κ2) is 11.8. The van der Waals surface area contributed by atoms with Gasteiger partial charge in [0.25, 0.3) is 0 Å². The number of rotatable bonds is 8. The van der Waals surface area contributed by atoms with E-state index in [1.165, 1.54) is 30.5 Å². The first-order valence-electron chi connectivity index (χ1n) is 14.8. The Morgan fingerprint density at radius 1 is 1.05 bits per heavy atom. The van der Waals surface area contributed by atoms with Crippen molar-refractivity contribution < 1.29 is 14.2 Å². The largest absolute Gasteiger partial charge is 0.481 e. The lowest BCUT2D eigenvalue weighted by Gasteiger charge is -2.40. The van der Waals surface area contributed by atoms with Crippen molar-refractivity contribution in [3.05, 3.63) is 36.2 Å². The van der Waals surface area contributed by atoms with Crippen molar-refractivity contribution in [3.63, 3.8) is 0 Å². The van der Waals surface area contributed by atoms with Crippen LogP contribution in [0.2, 0.25) is 0 Å². The summed E-state index contributed by atoms with van der Waals surface area (Å²) >= 11 is 0. The quantitative estimate of drug-likeness (QED) is 0.408. The van der Waals surface area contributed by atoms with Crippen molar-refractivity contribution >= 4 is 11.4 Å². The highest BCUT2D eigenvalue weighted by Gasteiger charge is 2.40. The van der Waals surface area contributed by atoms with Gasteiger partial charge in [0.05, 0.1) is 37.6 Å². The van der Waals surface area contributed by atoms with Crippen LogP contribution in [0.4, 0.5) is 11.4 Å². The van der Waals surface area contributed by atoms with Gasteiger partial charge in [-0.15, -0.1) is 0 Å². The molecule has 8 heteroatoms. The molecule has 1 aliphatic carbocycles. The second-order valence-electron chi connectivity index (χ2n) is 12.7. The van der Waals surface area contributed by atoms with Gasteiger partial charge in [0.2, 0.25) is 11.8 Å². The average Bonchev–Trinajstić information content (AvgIpc) is 3.47. The summed E-state index contributed by atoms with van der Waals surface area (Å²) in [7, 11) is 3.44. The Bertz CT molecular complexity index is 1200. The van der Waals surface area contributed by atoms with Crippen LogP contribution in [0.3, 0.4) is 0 Å². The van der Waals surface area contributed by atoms with E-state index in [4.69, 9.17) is 14.2 Å². The minimum Gasteiger partial charge on any atom is -0.481 e. The number of ether oxygens (including phenoxy) is 3. The van der Waals surface area contributed by atoms with Crippen LogP contribution in [-0.2, 0) is 4.74 Å². The van der Waals surface area contributed by atoms with Crippen LogP contribution in [0.1, 0.15) is 71.3 Å². The smallest absolute Gasteiger partial charge is 0.215 e. The van der Waals surface area contributed by atoms with E-state index in [-0.39, 0.29) is 29.6 Å². The molecule has 0 radical (unpaired) electrons. The zero-order chi connectivity index (χ0) is 28.4. The number of piperidine rings is 1. The summed E-state index contributed by atoms with van der Waals surface area (Å²) in [5.74, 6) is 2.46. The standard InChI is InChI=1S/C32H45N5O3/c1-21-19-36(27-16-31(39-6)35-18-24(27)25-8-7-13-32(25,3)4)15-12-28(21)40-30-10-9-23(17-34-30)37-20-29(38-5)22(2)26(37)11-14-33/h9-10,16-18,21-22,25-26,28-29H,7-8,11-13,15,19-20H2,1-6H3/t21-,22+,25?,26+,28-,29+/m1/s1.